The zero-order chi connectivity index (χ0) is 13.9. The molecule has 8 heteroatoms. The summed E-state index contributed by atoms with van der Waals surface area (Å²) in [4.78, 5) is 21.3. The molecule has 0 aromatic carbocycles. The number of thiazole rings is 1. The third kappa shape index (κ3) is 3.08. The maximum atomic E-state index is 13.4. The molecule has 20 heavy (non-hydrogen) atoms. The first-order valence-corrected chi connectivity index (χ1v) is 8.02. The van der Waals surface area contributed by atoms with E-state index in [-0.39, 0.29) is 11.1 Å². The van der Waals surface area contributed by atoms with Crippen molar-refractivity contribution in [3.63, 3.8) is 0 Å². The number of H-pyrrole nitrogens is 1. The van der Waals surface area contributed by atoms with Crippen LogP contribution in [0.25, 0.3) is 0 Å². The number of thioether (sulfide) groups is 1. The number of hydrogen-bond acceptors (Lipinski definition) is 6. The van der Waals surface area contributed by atoms with Crippen molar-refractivity contribution in [1.82, 2.24) is 15.0 Å². The second kappa shape index (κ2) is 6.02. The van der Waals surface area contributed by atoms with Crippen molar-refractivity contribution in [2.24, 2.45) is 0 Å². The zero-order valence-corrected chi connectivity index (χ0v) is 12.1. The van der Waals surface area contributed by atoms with Crippen LogP contribution in [0.1, 0.15) is 29.6 Å². The highest BCUT2D eigenvalue weighted by Crippen LogP contribution is 2.32. The molecule has 3 rings (SSSR count). The van der Waals surface area contributed by atoms with E-state index >= 15 is 0 Å². The Bertz CT molecular complexity index is 652. The van der Waals surface area contributed by atoms with E-state index in [0.717, 1.165) is 36.3 Å². The largest absolute Gasteiger partial charge is 0.371 e. The summed E-state index contributed by atoms with van der Waals surface area (Å²) in [6, 6.07) is 0. The molecule has 1 aliphatic heterocycles. The molecular formula is C12H12FN3O2S2. The van der Waals surface area contributed by atoms with Gasteiger partial charge in [0.2, 0.25) is 0 Å². The topological polar surface area (TPSA) is 67.9 Å². The van der Waals surface area contributed by atoms with E-state index in [0.29, 0.717) is 5.75 Å². The second-order valence-corrected chi connectivity index (χ2v) is 6.21. The van der Waals surface area contributed by atoms with Crippen molar-refractivity contribution >= 4 is 23.1 Å². The van der Waals surface area contributed by atoms with Gasteiger partial charge in [0.05, 0.1) is 11.9 Å². The molecule has 0 saturated carbocycles. The Hall–Kier alpha value is -1.25. The molecule has 1 N–H and O–H groups in total. The molecule has 0 aliphatic carbocycles. The number of ether oxygens (including phenoxy) is 1. The smallest absolute Gasteiger partial charge is 0.345 e. The van der Waals surface area contributed by atoms with Gasteiger partial charge in [-0.1, -0.05) is 11.8 Å². The van der Waals surface area contributed by atoms with E-state index in [4.69, 9.17) is 4.74 Å². The molecule has 1 fully saturated rings. The van der Waals surface area contributed by atoms with Crippen LogP contribution >= 0.6 is 23.1 Å². The molecule has 1 saturated heterocycles. The first-order valence-electron chi connectivity index (χ1n) is 6.16. The fraction of sp³-hybridized carbons (Fsp3) is 0.417. The minimum Gasteiger partial charge on any atom is -0.371 e. The normalized spacial score (nSPS) is 18.6. The standard InChI is InChI=1S/C12H12FN3O2S2/c13-8-4-14-12(17)16-10(8)19-5-7-6-20-11(15-7)9-2-1-3-18-9/h4,6,9H,1-3,5H2,(H,14,16,17). The van der Waals surface area contributed by atoms with Gasteiger partial charge >= 0.3 is 5.69 Å². The predicted molar refractivity (Wildman–Crippen MR) is 74.4 cm³/mol. The Morgan fingerprint density at radius 2 is 2.50 bits per heavy atom. The quantitative estimate of drug-likeness (QED) is 0.694. The SMILES string of the molecule is O=c1ncc(F)c(SCc2csc(C3CCCO3)n2)[nH]1. The summed E-state index contributed by atoms with van der Waals surface area (Å²) < 4.78 is 19.0. The monoisotopic (exact) mass is 313 g/mol. The van der Waals surface area contributed by atoms with Gasteiger partial charge in [0.15, 0.2) is 5.82 Å². The molecule has 1 aliphatic rings. The van der Waals surface area contributed by atoms with E-state index in [1.165, 1.54) is 11.8 Å². The maximum Gasteiger partial charge on any atom is 0.345 e. The molecule has 1 unspecified atom stereocenters. The summed E-state index contributed by atoms with van der Waals surface area (Å²) >= 11 is 2.76. The molecule has 0 spiro atoms. The summed E-state index contributed by atoms with van der Waals surface area (Å²) in [6.45, 7) is 0.789. The molecule has 2 aromatic heterocycles. The van der Waals surface area contributed by atoms with Crippen LogP contribution < -0.4 is 5.69 Å². The maximum absolute atomic E-state index is 13.4. The number of nitrogens with one attached hydrogen (secondary N) is 1. The van der Waals surface area contributed by atoms with Gasteiger partial charge in [-0.05, 0) is 12.8 Å². The first-order chi connectivity index (χ1) is 9.72. The summed E-state index contributed by atoms with van der Waals surface area (Å²) in [6.07, 6.45) is 3.11. The Balaban J connectivity index is 1.66. The molecule has 106 valence electrons. The van der Waals surface area contributed by atoms with Crippen LogP contribution in [-0.4, -0.2) is 21.6 Å². The number of aromatic amines is 1. The first kappa shape index (κ1) is 13.7. The van der Waals surface area contributed by atoms with E-state index in [1.807, 2.05) is 5.38 Å². The van der Waals surface area contributed by atoms with Gasteiger partial charge in [0.1, 0.15) is 16.1 Å². The Morgan fingerprint density at radius 1 is 1.60 bits per heavy atom. The van der Waals surface area contributed by atoms with Crippen molar-refractivity contribution < 1.29 is 9.13 Å². The highest BCUT2D eigenvalue weighted by Gasteiger charge is 2.20. The van der Waals surface area contributed by atoms with Crippen molar-refractivity contribution in [3.05, 3.63) is 38.6 Å². The summed E-state index contributed by atoms with van der Waals surface area (Å²) in [5.74, 6) is -0.0238. The summed E-state index contributed by atoms with van der Waals surface area (Å²) in [5.41, 5.74) is 0.315. The fourth-order valence-electron chi connectivity index (χ4n) is 1.92. The number of hydrogen-bond donors (Lipinski definition) is 1. The van der Waals surface area contributed by atoms with Gasteiger partial charge in [0.25, 0.3) is 0 Å². The van der Waals surface area contributed by atoms with Crippen LogP contribution in [0.2, 0.25) is 0 Å². The molecular weight excluding hydrogens is 301 g/mol. The van der Waals surface area contributed by atoms with Crippen LogP contribution in [0.4, 0.5) is 4.39 Å². The lowest BCUT2D eigenvalue weighted by Gasteiger charge is -2.03. The number of rotatable bonds is 4. The van der Waals surface area contributed by atoms with E-state index in [2.05, 4.69) is 15.0 Å². The molecule has 3 heterocycles. The van der Waals surface area contributed by atoms with Crippen LogP contribution in [0, 0.1) is 5.82 Å². The predicted octanol–water partition coefficient (Wildman–Crippen LogP) is 2.51. The van der Waals surface area contributed by atoms with Gasteiger partial charge in [-0.2, -0.15) is 4.98 Å². The van der Waals surface area contributed by atoms with Crippen molar-refractivity contribution in [2.45, 2.75) is 29.7 Å². The lowest BCUT2D eigenvalue weighted by atomic mass is 10.2. The van der Waals surface area contributed by atoms with Gasteiger partial charge in [-0.15, -0.1) is 11.3 Å². The van der Waals surface area contributed by atoms with Crippen LogP contribution in [0.15, 0.2) is 21.4 Å². The number of aromatic nitrogens is 3. The summed E-state index contributed by atoms with van der Waals surface area (Å²) in [7, 11) is 0. The van der Waals surface area contributed by atoms with Gasteiger partial charge in [-0.25, -0.2) is 14.2 Å². The Kier molecular flexibility index (Phi) is 4.13. The van der Waals surface area contributed by atoms with Crippen LogP contribution in [0.5, 0.6) is 0 Å². The van der Waals surface area contributed by atoms with Gasteiger partial charge < -0.3 is 4.74 Å². The zero-order valence-electron chi connectivity index (χ0n) is 10.5. The van der Waals surface area contributed by atoms with Gasteiger partial charge in [0, 0.05) is 17.7 Å². The fourth-order valence-corrected chi connectivity index (χ4v) is 3.72. The number of nitrogens with zero attached hydrogens (tertiary/aromatic N) is 2. The van der Waals surface area contributed by atoms with Crippen molar-refractivity contribution in [2.75, 3.05) is 6.61 Å². The van der Waals surface area contributed by atoms with Crippen LogP contribution in [-0.2, 0) is 10.5 Å². The Morgan fingerprint density at radius 3 is 3.30 bits per heavy atom. The lowest BCUT2D eigenvalue weighted by molar-refractivity contribution is 0.111. The minimum absolute atomic E-state index is 0.108. The highest BCUT2D eigenvalue weighted by molar-refractivity contribution is 7.98. The molecule has 0 radical (unpaired) electrons. The third-order valence-electron chi connectivity index (χ3n) is 2.87. The highest BCUT2D eigenvalue weighted by atomic mass is 32.2. The molecule has 1 atom stereocenters. The van der Waals surface area contributed by atoms with Gasteiger partial charge in [-0.3, -0.25) is 4.98 Å². The number of halogens is 1. The second-order valence-electron chi connectivity index (χ2n) is 4.33. The van der Waals surface area contributed by atoms with E-state index in [9.17, 15) is 9.18 Å². The minimum atomic E-state index is -0.549. The van der Waals surface area contributed by atoms with E-state index in [1.54, 1.807) is 11.3 Å². The summed E-state index contributed by atoms with van der Waals surface area (Å²) in [5, 5.41) is 3.11. The Labute approximate surface area is 122 Å². The average Bonchev–Trinajstić information content (AvgIpc) is 3.09. The molecule has 0 bridgehead atoms. The molecule has 0 amide bonds. The van der Waals surface area contributed by atoms with Crippen molar-refractivity contribution in [3.8, 4) is 0 Å². The lowest BCUT2D eigenvalue weighted by Crippen LogP contribution is -2.11. The molecule has 5 nitrogen and oxygen atoms in total. The third-order valence-corrected chi connectivity index (χ3v) is 4.88. The average molecular weight is 313 g/mol. The van der Waals surface area contributed by atoms with E-state index < -0.39 is 11.5 Å². The molecule has 2 aromatic rings. The van der Waals surface area contributed by atoms with Crippen LogP contribution in [0.3, 0.4) is 0 Å². The van der Waals surface area contributed by atoms with Crippen molar-refractivity contribution in [1.29, 1.82) is 0 Å².